The van der Waals surface area contributed by atoms with Gasteiger partial charge in [-0.2, -0.15) is 0 Å². The fraction of sp³-hybridized carbons (Fsp3) is 0.444. The number of carbonyl (C=O) groups is 3. The van der Waals surface area contributed by atoms with Gasteiger partial charge in [0.2, 0.25) is 5.91 Å². The van der Waals surface area contributed by atoms with E-state index in [1.54, 1.807) is 0 Å². The van der Waals surface area contributed by atoms with Crippen LogP contribution in [0, 0.1) is 5.92 Å². The molecule has 2 aliphatic heterocycles. The van der Waals surface area contributed by atoms with Gasteiger partial charge in [0.1, 0.15) is 5.54 Å². The Labute approximate surface area is 200 Å². The van der Waals surface area contributed by atoms with Gasteiger partial charge in [-0.05, 0) is 36.8 Å². The Morgan fingerprint density at radius 2 is 1.44 bits per heavy atom. The summed E-state index contributed by atoms with van der Waals surface area (Å²) in [5.74, 6) is -0.00380. The van der Waals surface area contributed by atoms with Crippen molar-refractivity contribution in [3.05, 3.63) is 71.8 Å². The molecule has 2 saturated heterocycles. The summed E-state index contributed by atoms with van der Waals surface area (Å²) >= 11 is 0. The van der Waals surface area contributed by atoms with Gasteiger partial charge in [0.05, 0.1) is 6.67 Å². The van der Waals surface area contributed by atoms with Crippen LogP contribution in [-0.4, -0.2) is 59.0 Å². The fourth-order valence-corrected chi connectivity index (χ4v) is 5.08. The van der Waals surface area contributed by atoms with Gasteiger partial charge in [-0.3, -0.25) is 14.5 Å². The van der Waals surface area contributed by atoms with Crippen molar-refractivity contribution in [2.75, 3.05) is 19.8 Å². The van der Waals surface area contributed by atoms with Crippen molar-refractivity contribution >= 4 is 17.8 Å². The minimum absolute atomic E-state index is 0.0233. The molecule has 3 fully saturated rings. The summed E-state index contributed by atoms with van der Waals surface area (Å²) in [7, 11) is 0. The topological polar surface area (TPSA) is 81.8 Å². The van der Waals surface area contributed by atoms with E-state index < -0.39 is 5.54 Å². The Morgan fingerprint density at radius 3 is 1.97 bits per heavy atom. The minimum Gasteiger partial charge on any atom is -0.353 e. The van der Waals surface area contributed by atoms with Crippen molar-refractivity contribution in [1.82, 2.24) is 20.4 Å². The molecule has 2 heterocycles. The number of urea groups is 1. The number of amides is 4. The first-order chi connectivity index (χ1) is 16.5. The average molecular weight is 461 g/mol. The maximum atomic E-state index is 13.8. The normalized spacial score (nSPS) is 20.9. The third-order valence-corrected chi connectivity index (χ3v) is 7.17. The molecule has 2 N–H and O–H groups in total. The maximum Gasteiger partial charge on any atom is 0.326 e. The van der Waals surface area contributed by atoms with E-state index in [0.29, 0.717) is 32.0 Å². The van der Waals surface area contributed by atoms with E-state index in [2.05, 4.69) is 15.5 Å². The van der Waals surface area contributed by atoms with Crippen molar-refractivity contribution in [2.24, 2.45) is 5.92 Å². The predicted molar refractivity (Wildman–Crippen MR) is 129 cm³/mol. The standard InChI is InChI=1S/C27H32N4O3/c32-24(28-23-11-12-23)22-13-15-30(16-14-22)19-31-25(33)27(29-26(31)34,17-20-7-3-1-4-8-20)18-21-9-5-2-6-10-21/h1-10,22-23H,11-19H2,(H,28,32)(H,29,34). The molecular weight excluding hydrogens is 428 g/mol. The van der Waals surface area contributed by atoms with Crippen LogP contribution in [0.2, 0.25) is 0 Å². The molecule has 7 nitrogen and oxygen atoms in total. The van der Waals surface area contributed by atoms with Crippen LogP contribution in [0.5, 0.6) is 0 Å². The third kappa shape index (κ3) is 4.99. The number of hydrogen-bond acceptors (Lipinski definition) is 4. The molecule has 34 heavy (non-hydrogen) atoms. The molecule has 0 radical (unpaired) electrons. The lowest BCUT2D eigenvalue weighted by Gasteiger charge is -2.33. The quantitative estimate of drug-likeness (QED) is 0.594. The Bertz CT molecular complexity index is 989. The molecule has 0 spiro atoms. The number of imide groups is 1. The van der Waals surface area contributed by atoms with E-state index in [4.69, 9.17) is 0 Å². The first-order valence-electron chi connectivity index (χ1n) is 12.3. The minimum atomic E-state index is -1.01. The highest BCUT2D eigenvalue weighted by Crippen LogP contribution is 2.28. The SMILES string of the molecule is O=C(NC1CC1)C1CCN(CN2C(=O)NC(Cc3ccccc3)(Cc3ccccc3)C2=O)CC1. The van der Waals surface area contributed by atoms with E-state index in [9.17, 15) is 14.4 Å². The van der Waals surface area contributed by atoms with Gasteiger partial charge in [0.15, 0.2) is 0 Å². The molecule has 2 aromatic rings. The van der Waals surface area contributed by atoms with E-state index in [1.165, 1.54) is 4.90 Å². The summed E-state index contributed by atoms with van der Waals surface area (Å²) < 4.78 is 0. The van der Waals surface area contributed by atoms with Crippen LogP contribution < -0.4 is 10.6 Å². The molecule has 7 heteroatoms. The first-order valence-corrected chi connectivity index (χ1v) is 12.3. The smallest absolute Gasteiger partial charge is 0.326 e. The molecule has 1 saturated carbocycles. The summed E-state index contributed by atoms with van der Waals surface area (Å²) in [5.41, 5.74) is 1.01. The molecule has 3 aliphatic rings. The highest BCUT2D eigenvalue weighted by Gasteiger charge is 2.51. The van der Waals surface area contributed by atoms with Gasteiger partial charge < -0.3 is 10.6 Å². The zero-order valence-electron chi connectivity index (χ0n) is 19.4. The molecule has 1 aliphatic carbocycles. The van der Waals surface area contributed by atoms with Crippen LogP contribution in [0.25, 0.3) is 0 Å². The third-order valence-electron chi connectivity index (χ3n) is 7.17. The second-order valence-corrected chi connectivity index (χ2v) is 9.89. The average Bonchev–Trinajstić information content (AvgIpc) is 3.64. The van der Waals surface area contributed by atoms with Gasteiger partial charge >= 0.3 is 6.03 Å². The monoisotopic (exact) mass is 460 g/mol. The van der Waals surface area contributed by atoms with Crippen molar-refractivity contribution in [2.45, 2.75) is 50.1 Å². The van der Waals surface area contributed by atoms with Gasteiger partial charge in [-0.1, -0.05) is 60.7 Å². The van der Waals surface area contributed by atoms with E-state index >= 15 is 0 Å². The number of nitrogens with one attached hydrogen (secondary N) is 2. The van der Waals surface area contributed by atoms with E-state index in [1.807, 2.05) is 60.7 Å². The highest BCUT2D eigenvalue weighted by atomic mass is 16.2. The highest BCUT2D eigenvalue weighted by molar-refractivity contribution is 6.07. The van der Waals surface area contributed by atoms with Crippen molar-refractivity contribution in [3.63, 3.8) is 0 Å². The number of hydrogen-bond donors (Lipinski definition) is 2. The zero-order valence-corrected chi connectivity index (χ0v) is 19.4. The first kappa shape index (κ1) is 22.6. The van der Waals surface area contributed by atoms with Crippen molar-refractivity contribution in [3.8, 4) is 0 Å². The molecular formula is C27H32N4O3. The summed E-state index contributed by atoms with van der Waals surface area (Å²) in [5, 5.41) is 6.15. The summed E-state index contributed by atoms with van der Waals surface area (Å²) in [6.45, 7) is 1.65. The molecule has 2 aromatic carbocycles. The maximum absolute atomic E-state index is 13.8. The number of benzene rings is 2. The number of piperidine rings is 1. The zero-order chi connectivity index (χ0) is 23.5. The van der Waals surface area contributed by atoms with Crippen molar-refractivity contribution in [1.29, 1.82) is 0 Å². The number of nitrogens with zero attached hydrogens (tertiary/aromatic N) is 2. The molecule has 5 rings (SSSR count). The Kier molecular flexibility index (Phi) is 6.37. The lowest BCUT2D eigenvalue weighted by atomic mass is 9.84. The fourth-order valence-electron chi connectivity index (χ4n) is 5.08. The summed E-state index contributed by atoms with van der Waals surface area (Å²) in [4.78, 5) is 42.7. The Morgan fingerprint density at radius 1 is 0.882 bits per heavy atom. The van der Waals surface area contributed by atoms with Crippen LogP contribution in [0.4, 0.5) is 4.79 Å². The molecule has 0 aromatic heterocycles. The molecule has 178 valence electrons. The van der Waals surface area contributed by atoms with E-state index in [0.717, 1.165) is 36.8 Å². The summed E-state index contributed by atoms with van der Waals surface area (Å²) in [6.07, 6.45) is 4.55. The van der Waals surface area contributed by atoms with Gasteiger partial charge in [-0.15, -0.1) is 0 Å². The van der Waals surface area contributed by atoms with Crippen LogP contribution >= 0.6 is 0 Å². The lowest BCUT2D eigenvalue weighted by Crippen LogP contribution is -2.52. The van der Waals surface area contributed by atoms with Crippen LogP contribution in [0.1, 0.15) is 36.8 Å². The Hall–Kier alpha value is -3.19. The number of rotatable bonds is 8. The van der Waals surface area contributed by atoms with Gasteiger partial charge in [0, 0.05) is 37.9 Å². The number of carbonyl (C=O) groups excluding carboxylic acids is 3. The van der Waals surface area contributed by atoms with Crippen LogP contribution in [0.15, 0.2) is 60.7 Å². The molecule has 0 unspecified atom stereocenters. The lowest BCUT2D eigenvalue weighted by molar-refractivity contribution is -0.134. The second kappa shape index (κ2) is 9.58. The largest absolute Gasteiger partial charge is 0.353 e. The van der Waals surface area contributed by atoms with E-state index in [-0.39, 0.29) is 30.4 Å². The summed E-state index contributed by atoms with van der Waals surface area (Å²) in [6, 6.07) is 19.7. The predicted octanol–water partition coefficient (Wildman–Crippen LogP) is 2.71. The molecule has 0 bridgehead atoms. The van der Waals surface area contributed by atoms with Crippen LogP contribution in [0.3, 0.4) is 0 Å². The van der Waals surface area contributed by atoms with Crippen LogP contribution in [-0.2, 0) is 22.4 Å². The van der Waals surface area contributed by atoms with Gasteiger partial charge in [-0.25, -0.2) is 9.69 Å². The number of likely N-dealkylation sites (tertiary alicyclic amines) is 1. The van der Waals surface area contributed by atoms with Crippen molar-refractivity contribution < 1.29 is 14.4 Å². The molecule has 0 atom stereocenters. The molecule has 4 amide bonds. The Balaban J connectivity index is 1.27. The van der Waals surface area contributed by atoms with Gasteiger partial charge in [0.25, 0.3) is 5.91 Å². The second-order valence-electron chi connectivity index (χ2n) is 9.89.